The number of hydrogen-bond acceptors (Lipinski definition) is 4. The van der Waals surface area contributed by atoms with Crippen molar-refractivity contribution in [1.29, 1.82) is 0 Å². The summed E-state index contributed by atoms with van der Waals surface area (Å²) < 4.78 is 41.5. The van der Waals surface area contributed by atoms with Crippen molar-refractivity contribution in [2.75, 3.05) is 13.1 Å². The summed E-state index contributed by atoms with van der Waals surface area (Å²) in [5.41, 5.74) is 0.753. The molecule has 0 aromatic heterocycles. The van der Waals surface area contributed by atoms with Gasteiger partial charge in [-0.05, 0) is 35.9 Å². The third kappa shape index (κ3) is 6.61. The van der Waals surface area contributed by atoms with Crippen molar-refractivity contribution in [3.63, 3.8) is 0 Å². The molecule has 0 aliphatic heterocycles. The van der Waals surface area contributed by atoms with Crippen molar-refractivity contribution in [1.82, 2.24) is 15.4 Å². The Hall–Kier alpha value is -3.27. The first-order valence-corrected chi connectivity index (χ1v) is 11.8. The molecule has 10 heteroatoms. The van der Waals surface area contributed by atoms with Gasteiger partial charge >= 0.3 is 0 Å². The van der Waals surface area contributed by atoms with Crippen molar-refractivity contribution in [3.8, 4) is 0 Å². The summed E-state index contributed by atoms with van der Waals surface area (Å²) in [6.07, 6.45) is 0. The Morgan fingerprint density at radius 2 is 1.48 bits per heavy atom. The number of hydrogen-bond donors (Lipinski definition) is 3. The quantitative estimate of drug-likeness (QED) is 0.402. The summed E-state index contributed by atoms with van der Waals surface area (Å²) in [6.45, 7) is 0.171. The molecule has 0 bridgehead atoms. The molecular formula is C23H21ClFN3O4S. The molecule has 0 unspecified atom stereocenters. The molecule has 0 saturated carbocycles. The van der Waals surface area contributed by atoms with E-state index in [-0.39, 0.29) is 40.7 Å². The van der Waals surface area contributed by atoms with Crippen LogP contribution in [0.4, 0.5) is 4.39 Å². The molecule has 0 fully saturated rings. The van der Waals surface area contributed by atoms with E-state index in [1.54, 1.807) is 30.3 Å². The standard InChI is InChI=1S/C23H21ClFN3O4S/c24-19-11-10-17(14-21(19)33(31,32)28-15-16-6-2-1-3-7-16)22(29)26-12-13-27-23(30)18-8-4-5-9-20(18)25/h1-11,14,28H,12-13,15H2,(H,26,29)(H,27,30). The predicted octanol–water partition coefficient (Wildman–Crippen LogP) is 3.12. The van der Waals surface area contributed by atoms with E-state index in [1.807, 2.05) is 6.07 Å². The van der Waals surface area contributed by atoms with Gasteiger partial charge in [0.2, 0.25) is 10.0 Å². The zero-order valence-corrected chi connectivity index (χ0v) is 18.9. The van der Waals surface area contributed by atoms with Crippen molar-refractivity contribution < 1.29 is 22.4 Å². The van der Waals surface area contributed by atoms with Crippen LogP contribution in [0.5, 0.6) is 0 Å². The lowest BCUT2D eigenvalue weighted by Crippen LogP contribution is -2.35. The zero-order chi connectivity index (χ0) is 23.8. The SMILES string of the molecule is O=C(NCCNC(=O)c1ccccc1F)c1ccc(Cl)c(S(=O)(=O)NCc2ccccc2)c1. The minimum Gasteiger partial charge on any atom is -0.350 e. The number of amides is 2. The van der Waals surface area contributed by atoms with Gasteiger partial charge in [-0.25, -0.2) is 17.5 Å². The monoisotopic (exact) mass is 489 g/mol. The van der Waals surface area contributed by atoms with Crippen LogP contribution in [0.25, 0.3) is 0 Å². The number of carbonyl (C=O) groups excluding carboxylic acids is 2. The van der Waals surface area contributed by atoms with Gasteiger partial charge in [-0.15, -0.1) is 0 Å². The van der Waals surface area contributed by atoms with E-state index in [0.717, 1.165) is 5.56 Å². The summed E-state index contributed by atoms with van der Waals surface area (Å²) in [7, 11) is -3.97. The van der Waals surface area contributed by atoms with E-state index in [1.165, 1.54) is 36.4 Å². The van der Waals surface area contributed by atoms with Gasteiger partial charge in [0.1, 0.15) is 10.7 Å². The Labute approximate surface area is 196 Å². The highest BCUT2D eigenvalue weighted by molar-refractivity contribution is 7.89. The first-order valence-electron chi connectivity index (χ1n) is 9.92. The number of rotatable bonds is 9. The third-order valence-corrected chi connectivity index (χ3v) is 6.49. The van der Waals surface area contributed by atoms with Gasteiger partial charge in [-0.3, -0.25) is 9.59 Å². The molecule has 7 nitrogen and oxygen atoms in total. The topological polar surface area (TPSA) is 104 Å². The molecule has 3 aromatic carbocycles. The second-order valence-corrected chi connectivity index (χ2v) is 9.09. The Morgan fingerprint density at radius 3 is 2.18 bits per heavy atom. The molecule has 0 radical (unpaired) electrons. The Balaban J connectivity index is 1.58. The fourth-order valence-corrected chi connectivity index (χ4v) is 4.44. The van der Waals surface area contributed by atoms with Crippen LogP contribution in [0.3, 0.4) is 0 Å². The van der Waals surface area contributed by atoms with Crippen LogP contribution in [0.1, 0.15) is 26.3 Å². The number of carbonyl (C=O) groups is 2. The lowest BCUT2D eigenvalue weighted by Gasteiger charge is -2.11. The minimum atomic E-state index is -3.97. The van der Waals surface area contributed by atoms with Gasteiger partial charge in [-0.2, -0.15) is 0 Å². The minimum absolute atomic E-state index is 0.0238. The average molecular weight is 490 g/mol. The number of sulfonamides is 1. The highest BCUT2D eigenvalue weighted by Gasteiger charge is 2.20. The van der Waals surface area contributed by atoms with E-state index in [0.29, 0.717) is 0 Å². The van der Waals surface area contributed by atoms with Crippen LogP contribution in [0, 0.1) is 5.82 Å². The number of benzene rings is 3. The Morgan fingerprint density at radius 1 is 0.848 bits per heavy atom. The van der Waals surface area contributed by atoms with Crippen LogP contribution in [0.2, 0.25) is 5.02 Å². The summed E-state index contributed by atoms with van der Waals surface area (Å²) >= 11 is 6.07. The number of nitrogens with one attached hydrogen (secondary N) is 3. The highest BCUT2D eigenvalue weighted by Crippen LogP contribution is 2.23. The molecule has 2 amide bonds. The molecular weight excluding hydrogens is 469 g/mol. The molecule has 3 aromatic rings. The van der Waals surface area contributed by atoms with Crippen molar-refractivity contribution in [2.24, 2.45) is 0 Å². The van der Waals surface area contributed by atoms with Crippen LogP contribution >= 0.6 is 11.6 Å². The summed E-state index contributed by atoms with van der Waals surface area (Å²) in [5, 5.41) is 5.05. The molecule has 33 heavy (non-hydrogen) atoms. The summed E-state index contributed by atoms with van der Waals surface area (Å²) in [6, 6.07) is 18.4. The van der Waals surface area contributed by atoms with Gasteiger partial charge in [0.15, 0.2) is 0 Å². The first-order chi connectivity index (χ1) is 15.8. The molecule has 0 aliphatic rings. The smallest absolute Gasteiger partial charge is 0.254 e. The van der Waals surface area contributed by atoms with Crippen LogP contribution in [-0.2, 0) is 16.6 Å². The first kappa shape index (κ1) is 24.4. The second-order valence-electron chi connectivity index (χ2n) is 6.95. The fourth-order valence-electron chi connectivity index (χ4n) is 2.90. The zero-order valence-electron chi connectivity index (χ0n) is 17.3. The second kappa shape index (κ2) is 11.0. The third-order valence-electron chi connectivity index (χ3n) is 4.61. The van der Waals surface area contributed by atoms with E-state index in [9.17, 15) is 22.4 Å². The Kier molecular flexibility index (Phi) is 8.16. The molecule has 0 atom stereocenters. The molecule has 3 rings (SSSR count). The van der Waals surface area contributed by atoms with E-state index < -0.39 is 27.7 Å². The maximum Gasteiger partial charge on any atom is 0.254 e. The van der Waals surface area contributed by atoms with Gasteiger partial charge in [0.25, 0.3) is 11.8 Å². The number of halogens is 2. The van der Waals surface area contributed by atoms with E-state index in [4.69, 9.17) is 11.6 Å². The average Bonchev–Trinajstić information content (AvgIpc) is 2.81. The van der Waals surface area contributed by atoms with Crippen molar-refractivity contribution >= 4 is 33.4 Å². The fraction of sp³-hybridized carbons (Fsp3) is 0.130. The molecule has 0 spiro atoms. The van der Waals surface area contributed by atoms with Gasteiger partial charge in [-0.1, -0.05) is 54.1 Å². The Bertz CT molecular complexity index is 1250. The van der Waals surface area contributed by atoms with Crippen molar-refractivity contribution in [3.05, 3.63) is 100 Å². The lowest BCUT2D eigenvalue weighted by molar-refractivity contribution is 0.0925. The molecule has 3 N–H and O–H groups in total. The van der Waals surface area contributed by atoms with E-state index in [2.05, 4.69) is 15.4 Å². The largest absolute Gasteiger partial charge is 0.350 e. The van der Waals surface area contributed by atoms with Crippen LogP contribution < -0.4 is 15.4 Å². The molecule has 0 saturated heterocycles. The maximum absolute atomic E-state index is 13.6. The lowest BCUT2D eigenvalue weighted by atomic mass is 10.2. The van der Waals surface area contributed by atoms with Crippen LogP contribution in [-0.4, -0.2) is 33.3 Å². The summed E-state index contributed by atoms with van der Waals surface area (Å²) in [4.78, 5) is 24.2. The normalized spacial score (nSPS) is 11.1. The van der Waals surface area contributed by atoms with Gasteiger partial charge < -0.3 is 10.6 Å². The van der Waals surface area contributed by atoms with Crippen LogP contribution in [0.15, 0.2) is 77.7 Å². The predicted molar refractivity (Wildman–Crippen MR) is 123 cm³/mol. The van der Waals surface area contributed by atoms with Crippen molar-refractivity contribution in [2.45, 2.75) is 11.4 Å². The van der Waals surface area contributed by atoms with Gasteiger partial charge in [0.05, 0.1) is 10.6 Å². The molecule has 0 heterocycles. The maximum atomic E-state index is 13.6. The molecule has 172 valence electrons. The van der Waals surface area contributed by atoms with Gasteiger partial charge in [0, 0.05) is 25.2 Å². The molecule has 0 aliphatic carbocycles. The summed E-state index contributed by atoms with van der Waals surface area (Å²) in [5.74, 6) is -1.80. The highest BCUT2D eigenvalue weighted by atomic mass is 35.5. The van der Waals surface area contributed by atoms with E-state index >= 15 is 0 Å².